The first kappa shape index (κ1) is 15.4. The smallest absolute Gasteiger partial charge is 0.250 e. The minimum atomic E-state index is -0.540. The monoisotopic (exact) mass is 317 g/mol. The molecule has 0 unspecified atom stereocenters. The van der Waals surface area contributed by atoms with Crippen molar-refractivity contribution in [3.63, 3.8) is 0 Å². The highest BCUT2D eigenvalue weighted by atomic mass is 16.1. The van der Waals surface area contributed by atoms with Crippen molar-refractivity contribution in [3.05, 3.63) is 66.0 Å². The molecule has 6 nitrogen and oxygen atoms in total. The minimum Gasteiger partial charge on any atom is -0.366 e. The largest absolute Gasteiger partial charge is 0.366 e. The third-order valence-corrected chi connectivity index (χ3v) is 3.74. The van der Waals surface area contributed by atoms with Gasteiger partial charge < -0.3 is 11.1 Å². The number of hydrogen-bond donors (Lipinski definition) is 2. The zero-order valence-electron chi connectivity index (χ0n) is 12.8. The molecule has 0 spiro atoms. The van der Waals surface area contributed by atoms with Crippen LogP contribution in [0.4, 0.5) is 5.82 Å². The van der Waals surface area contributed by atoms with Gasteiger partial charge in [0, 0.05) is 5.39 Å². The normalized spacial score (nSPS) is 11.6. The van der Waals surface area contributed by atoms with Gasteiger partial charge in [0.05, 0.1) is 29.6 Å². The third kappa shape index (κ3) is 3.01. The van der Waals surface area contributed by atoms with Gasteiger partial charge in [-0.1, -0.05) is 36.4 Å². The average molecular weight is 317 g/mol. The van der Waals surface area contributed by atoms with Crippen molar-refractivity contribution < 1.29 is 4.79 Å². The van der Waals surface area contributed by atoms with E-state index in [2.05, 4.69) is 21.4 Å². The summed E-state index contributed by atoms with van der Waals surface area (Å²) in [7, 11) is 0. The summed E-state index contributed by atoms with van der Waals surface area (Å²) in [6.07, 6.45) is 1.66. The molecule has 3 aromatic rings. The Balaban J connectivity index is 2.04. The van der Waals surface area contributed by atoms with E-state index in [1.54, 1.807) is 12.1 Å². The van der Waals surface area contributed by atoms with E-state index in [9.17, 15) is 4.79 Å². The fourth-order valence-corrected chi connectivity index (χ4v) is 2.60. The summed E-state index contributed by atoms with van der Waals surface area (Å²) in [6.45, 7) is 0. The lowest BCUT2D eigenvalue weighted by Crippen LogP contribution is -2.14. The molecular weight excluding hydrogens is 302 g/mol. The summed E-state index contributed by atoms with van der Waals surface area (Å²) in [5, 5.41) is 13.1. The predicted octanol–water partition coefficient (Wildman–Crippen LogP) is 2.80. The van der Waals surface area contributed by atoms with Crippen LogP contribution in [0.15, 0.2) is 54.9 Å². The molecule has 0 saturated heterocycles. The van der Waals surface area contributed by atoms with Crippen molar-refractivity contribution >= 4 is 22.6 Å². The number of amides is 1. The molecule has 6 heteroatoms. The number of hydrogen-bond acceptors (Lipinski definition) is 5. The van der Waals surface area contributed by atoms with Crippen molar-refractivity contribution in [3.8, 4) is 6.07 Å². The Morgan fingerprint density at radius 1 is 1.17 bits per heavy atom. The van der Waals surface area contributed by atoms with Crippen molar-refractivity contribution in [2.24, 2.45) is 5.73 Å². The number of nitriles is 1. The summed E-state index contributed by atoms with van der Waals surface area (Å²) in [5.41, 5.74) is 7.22. The standard InChI is InChI=1S/C18H15N5O/c19-10-9-15(12-5-2-1-3-6-12)23-18-14-8-4-7-13(17(20)24)16(14)21-11-22-18/h1-8,11,15H,9H2,(H2,20,24)(H,21,22,23)/t15-/m1/s1. The van der Waals surface area contributed by atoms with Gasteiger partial charge in [-0.2, -0.15) is 5.26 Å². The Morgan fingerprint density at radius 3 is 2.67 bits per heavy atom. The minimum absolute atomic E-state index is 0.216. The molecule has 0 aliphatic heterocycles. The lowest BCUT2D eigenvalue weighted by Gasteiger charge is -2.18. The summed E-state index contributed by atoms with van der Waals surface area (Å²) in [4.78, 5) is 20.0. The molecule has 0 radical (unpaired) electrons. The van der Waals surface area contributed by atoms with Crippen LogP contribution in [0.1, 0.15) is 28.4 Å². The van der Waals surface area contributed by atoms with E-state index in [0.29, 0.717) is 22.3 Å². The van der Waals surface area contributed by atoms with Crippen LogP contribution in [0.25, 0.3) is 10.9 Å². The number of anilines is 1. The third-order valence-electron chi connectivity index (χ3n) is 3.74. The zero-order valence-corrected chi connectivity index (χ0v) is 12.8. The highest BCUT2D eigenvalue weighted by Gasteiger charge is 2.15. The van der Waals surface area contributed by atoms with Gasteiger partial charge >= 0.3 is 0 Å². The predicted molar refractivity (Wildman–Crippen MR) is 91.1 cm³/mol. The van der Waals surface area contributed by atoms with Crippen LogP contribution in [-0.2, 0) is 0 Å². The number of primary amides is 1. The van der Waals surface area contributed by atoms with Crippen molar-refractivity contribution in [2.45, 2.75) is 12.5 Å². The van der Waals surface area contributed by atoms with E-state index in [1.165, 1.54) is 6.33 Å². The second-order valence-electron chi connectivity index (χ2n) is 5.26. The first-order chi connectivity index (χ1) is 11.7. The Morgan fingerprint density at radius 2 is 1.96 bits per heavy atom. The quantitative estimate of drug-likeness (QED) is 0.753. The zero-order chi connectivity index (χ0) is 16.9. The SMILES string of the molecule is N#CC[C@@H](Nc1ncnc2c(C(N)=O)cccc12)c1ccccc1. The van der Waals surface area contributed by atoms with E-state index < -0.39 is 5.91 Å². The van der Waals surface area contributed by atoms with Crippen molar-refractivity contribution in [1.82, 2.24) is 9.97 Å². The maximum Gasteiger partial charge on any atom is 0.250 e. The molecule has 1 amide bonds. The van der Waals surface area contributed by atoms with Crippen LogP contribution in [0.5, 0.6) is 0 Å². The number of aromatic nitrogens is 2. The number of carbonyl (C=O) groups is 1. The van der Waals surface area contributed by atoms with Gasteiger partial charge in [0.2, 0.25) is 0 Å². The van der Waals surface area contributed by atoms with E-state index in [-0.39, 0.29) is 12.5 Å². The summed E-state index contributed by atoms with van der Waals surface area (Å²) in [5.74, 6) is 0.0223. The molecule has 118 valence electrons. The fourth-order valence-electron chi connectivity index (χ4n) is 2.60. The number of para-hydroxylation sites is 1. The number of nitrogens with zero attached hydrogens (tertiary/aromatic N) is 3. The van der Waals surface area contributed by atoms with Crippen LogP contribution >= 0.6 is 0 Å². The summed E-state index contributed by atoms with van der Waals surface area (Å²) < 4.78 is 0. The highest BCUT2D eigenvalue weighted by molar-refractivity contribution is 6.06. The number of benzene rings is 2. The number of carbonyl (C=O) groups excluding carboxylic acids is 1. The first-order valence-corrected chi connectivity index (χ1v) is 7.42. The first-order valence-electron chi connectivity index (χ1n) is 7.42. The molecular formula is C18H15N5O. The van der Waals surface area contributed by atoms with Gasteiger partial charge in [0.15, 0.2) is 0 Å². The van der Waals surface area contributed by atoms with Gasteiger partial charge in [-0.25, -0.2) is 9.97 Å². The van der Waals surface area contributed by atoms with Crippen molar-refractivity contribution in [1.29, 1.82) is 5.26 Å². The van der Waals surface area contributed by atoms with Gasteiger partial charge in [0.25, 0.3) is 5.91 Å². The van der Waals surface area contributed by atoms with Gasteiger partial charge in [0.1, 0.15) is 12.1 Å². The van der Waals surface area contributed by atoms with Crippen LogP contribution in [0.2, 0.25) is 0 Å². The molecule has 24 heavy (non-hydrogen) atoms. The number of fused-ring (bicyclic) bond motifs is 1. The van der Waals surface area contributed by atoms with Crippen LogP contribution in [-0.4, -0.2) is 15.9 Å². The second kappa shape index (κ2) is 6.75. The molecule has 0 aliphatic carbocycles. The molecule has 2 aromatic carbocycles. The van der Waals surface area contributed by atoms with Crippen LogP contribution in [0, 0.1) is 11.3 Å². The second-order valence-corrected chi connectivity index (χ2v) is 5.26. The molecule has 3 N–H and O–H groups in total. The van der Waals surface area contributed by atoms with Crippen LogP contribution < -0.4 is 11.1 Å². The Labute approximate surface area is 139 Å². The maximum atomic E-state index is 11.6. The van der Waals surface area contributed by atoms with Gasteiger partial charge in [-0.05, 0) is 17.7 Å². The van der Waals surface area contributed by atoms with Crippen molar-refractivity contribution in [2.75, 3.05) is 5.32 Å². The molecule has 1 atom stereocenters. The fraction of sp³-hybridized carbons (Fsp3) is 0.111. The maximum absolute atomic E-state index is 11.6. The van der Waals surface area contributed by atoms with E-state index in [1.807, 2.05) is 36.4 Å². The number of rotatable bonds is 5. The van der Waals surface area contributed by atoms with Gasteiger partial charge in [-0.3, -0.25) is 4.79 Å². The van der Waals surface area contributed by atoms with E-state index in [4.69, 9.17) is 11.0 Å². The molecule has 3 rings (SSSR count). The molecule has 1 heterocycles. The highest BCUT2D eigenvalue weighted by Crippen LogP contribution is 2.27. The topological polar surface area (TPSA) is 105 Å². The van der Waals surface area contributed by atoms with Gasteiger partial charge in [-0.15, -0.1) is 0 Å². The molecule has 0 fully saturated rings. The molecule has 0 saturated carbocycles. The lowest BCUT2D eigenvalue weighted by atomic mass is 10.0. The molecule has 0 bridgehead atoms. The summed E-state index contributed by atoms with van der Waals surface area (Å²) in [6, 6.07) is 16.8. The summed E-state index contributed by atoms with van der Waals surface area (Å²) >= 11 is 0. The lowest BCUT2D eigenvalue weighted by molar-refractivity contribution is 0.100. The average Bonchev–Trinajstić information content (AvgIpc) is 2.61. The Kier molecular flexibility index (Phi) is 4.34. The number of nitrogens with two attached hydrogens (primary N) is 1. The van der Waals surface area contributed by atoms with E-state index in [0.717, 1.165) is 5.56 Å². The van der Waals surface area contributed by atoms with Crippen LogP contribution in [0.3, 0.4) is 0 Å². The Hall–Kier alpha value is -3.46. The van der Waals surface area contributed by atoms with E-state index >= 15 is 0 Å². The molecule has 1 aromatic heterocycles. The molecule has 0 aliphatic rings. The number of nitrogens with one attached hydrogen (secondary N) is 1. The Bertz CT molecular complexity index is 918.